The number of nitro groups is 1. The summed E-state index contributed by atoms with van der Waals surface area (Å²) in [6, 6.07) is 7.00. The molecule has 0 saturated carbocycles. The molecule has 11 heteroatoms. The van der Waals surface area contributed by atoms with Gasteiger partial charge in [0.1, 0.15) is 11.4 Å². The molecule has 0 radical (unpaired) electrons. The van der Waals surface area contributed by atoms with Gasteiger partial charge in [0.25, 0.3) is 5.91 Å². The average Bonchev–Trinajstić information content (AvgIpc) is 3.12. The lowest BCUT2D eigenvalue weighted by Gasteiger charge is -2.07. The van der Waals surface area contributed by atoms with Crippen LogP contribution in [0.4, 0.5) is 5.69 Å². The number of hydrogen-bond acceptors (Lipinski definition) is 6. The second kappa shape index (κ2) is 7.72. The van der Waals surface area contributed by atoms with Crippen molar-refractivity contribution in [3.63, 3.8) is 0 Å². The molecule has 0 atom stereocenters. The third-order valence-electron chi connectivity index (χ3n) is 4.45. The second-order valence-electron chi connectivity index (χ2n) is 6.32. The third-order valence-corrected chi connectivity index (χ3v) is 4.82. The number of aryl methyl sites for hydroxylation is 1. The Balaban J connectivity index is 1.67. The van der Waals surface area contributed by atoms with Crippen molar-refractivity contribution in [1.82, 2.24) is 29.9 Å². The highest BCUT2D eigenvalue weighted by atomic mass is 32.1. The number of hydrogen-bond donors (Lipinski definition) is 2. The normalized spacial score (nSPS) is 10.8. The molecule has 2 heterocycles. The molecule has 3 rings (SSSR count). The Morgan fingerprint density at radius 2 is 2.00 bits per heavy atom. The Morgan fingerprint density at radius 1 is 1.32 bits per heavy atom. The molecular formula is C17H19N7O3S. The molecule has 0 aliphatic carbocycles. The fourth-order valence-electron chi connectivity index (χ4n) is 2.84. The number of H-pyrrole nitrogens is 1. The van der Waals surface area contributed by atoms with E-state index in [-0.39, 0.29) is 18.1 Å². The molecule has 2 aromatic heterocycles. The molecule has 1 amide bonds. The molecule has 2 N–H and O–H groups in total. The number of carbonyl (C=O) groups is 1. The Morgan fingerprint density at radius 3 is 2.54 bits per heavy atom. The van der Waals surface area contributed by atoms with E-state index in [4.69, 9.17) is 12.2 Å². The SMILES string of the molecule is Cc1nn(Cc2ccc(C(=O)NCc3n[nH]c(=S)n3C)cc2)c(C)c1[N+](=O)[O-]. The first-order chi connectivity index (χ1) is 13.3. The highest BCUT2D eigenvalue weighted by molar-refractivity contribution is 7.71. The summed E-state index contributed by atoms with van der Waals surface area (Å²) >= 11 is 5.04. The smallest absolute Gasteiger partial charge is 0.312 e. The van der Waals surface area contributed by atoms with E-state index in [1.54, 1.807) is 54.4 Å². The zero-order valence-corrected chi connectivity index (χ0v) is 16.4. The summed E-state index contributed by atoms with van der Waals surface area (Å²) in [6.45, 7) is 3.92. The fraction of sp³-hybridized carbons (Fsp3) is 0.294. The highest BCUT2D eigenvalue weighted by Gasteiger charge is 2.21. The Labute approximate surface area is 165 Å². The lowest BCUT2D eigenvalue weighted by atomic mass is 10.1. The summed E-state index contributed by atoms with van der Waals surface area (Å²) in [7, 11) is 1.77. The van der Waals surface area contributed by atoms with Gasteiger partial charge in [-0.1, -0.05) is 12.1 Å². The van der Waals surface area contributed by atoms with Gasteiger partial charge >= 0.3 is 5.69 Å². The van der Waals surface area contributed by atoms with Crippen LogP contribution in [0.25, 0.3) is 0 Å². The fourth-order valence-corrected chi connectivity index (χ4v) is 2.99. The van der Waals surface area contributed by atoms with Crippen molar-refractivity contribution in [2.45, 2.75) is 26.9 Å². The predicted octanol–water partition coefficient (Wildman–Crippen LogP) is 2.18. The Hall–Kier alpha value is -3.34. The Kier molecular flexibility index (Phi) is 5.36. The lowest BCUT2D eigenvalue weighted by molar-refractivity contribution is -0.386. The number of aromatic amines is 1. The van der Waals surface area contributed by atoms with Crippen molar-refractivity contribution in [1.29, 1.82) is 0 Å². The Bertz CT molecular complexity index is 1100. The molecule has 3 aromatic rings. The van der Waals surface area contributed by atoms with E-state index < -0.39 is 4.92 Å². The standard InChI is InChI=1S/C17H19N7O3S/c1-10-15(24(26)27)11(2)23(21-10)9-12-4-6-13(7-5-12)16(25)18-8-14-19-20-17(28)22(14)3/h4-7H,8-9H2,1-3H3,(H,18,25)(H,20,28). The molecular weight excluding hydrogens is 382 g/mol. The highest BCUT2D eigenvalue weighted by Crippen LogP contribution is 2.22. The minimum absolute atomic E-state index is 0.0322. The van der Waals surface area contributed by atoms with Gasteiger partial charge < -0.3 is 9.88 Å². The molecule has 0 aliphatic rings. The molecule has 0 spiro atoms. The predicted molar refractivity (Wildman–Crippen MR) is 103 cm³/mol. The number of aromatic nitrogens is 5. The van der Waals surface area contributed by atoms with Crippen molar-refractivity contribution < 1.29 is 9.72 Å². The van der Waals surface area contributed by atoms with Gasteiger partial charge in [0.2, 0.25) is 0 Å². The number of nitrogens with zero attached hydrogens (tertiary/aromatic N) is 5. The van der Waals surface area contributed by atoms with Gasteiger partial charge in [-0.25, -0.2) is 0 Å². The monoisotopic (exact) mass is 401 g/mol. The van der Waals surface area contributed by atoms with Crippen molar-refractivity contribution in [3.8, 4) is 0 Å². The van der Waals surface area contributed by atoms with Crippen LogP contribution in [0.15, 0.2) is 24.3 Å². The number of rotatable bonds is 6. The van der Waals surface area contributed by atoms with E-state index in [9.17, 15) is 14.9 Å². The first-order valence-corrected chi connectivity index (χ1v) is 8.84. The first-order valence-electron chi connectivity index (χ1n) is 8.43. The maximum absolute atomic E-state index is 12.3. The van der Waals surface area contributed by atoms with Crippen LogP contribution in [0.2, 0.25) is 0 Å². The van der Waals surface area contributed by atoms with Crippen molar-refractivity contribution in [2.75, 3.05) is 0 Å². The van der Waals surface area contributed by atoms with Crippen LogP contribution >= 0.6 is 12.2 Å². The molecule has 1 aromatic carbocycles. The lowest BCUT2D eigenvalue weighted by Crippen LogP contribution is -2.24. The third kappa shape index (κ3) is 3.83. The summed E-state index contributed by atoms with van der Waals surface area (Å²) in [5, 5.41) is 24.8. The maximum Gasteiger partial charge on any atom is 0.312 e. The minimum Gasteiger partial charge on any atom is -0.345 e. The van der Waals surface area contributed by atoms with Crippen LogP contribution in [0.5, 0.6) is 0 Å². The van der Waals surface area contributed by atoms with Gasteiger partial charge in [0.15, 0.2) is 10.6 Å². The number of benzene rings is 1. The van der Waals surface area contributed by atoms with Crippen LogP contribution in [0.3, 0.4) is 0 Å². The number of nitrogens with one attached hydrogen (secondary N) is 2. The second-order valence-corrected chi connectivity index (χ2v) is 6.70. The topological polar surface area (TPSA) is 124 Å². The molecule has 0 unspecified atom stereocenters. The summed E-state index contributed by atoms with van der Waals surface area (Å²) in [5.41, 5.74) is 2.29. The van der Waals surface area contributed by atoms with E-state index in [0.29, 0.717) is 34.1 Å². The van der Waals surface area contributed by atoms with E-state index in [1.807, 2.05) is 0 Å². The van der Waals surface area contributed by atoms with Crippen LogP contribution in [-0.2, 0) is 20.1 Å². The van der Waals surface area contributed by atoms with Crippen LogP contribution in [0.1, 0.15) is 33.1 Å². The van der Waals surface area contributed by atoms with Gasteiger partial charge in [0.05, 0.1) is 18.0 Å². The zero-order valence-electron chi connectivity index (χ0n) is 15.6. The molecule has 10 nitrogen and oxygen atoms in total. The number of amides is 1. The maximum atomic E-state index is 12.3. The van der Waals surface area contributed by atoms with E-state index in [2.05, 4.69) is 20.6 Å². The van der Waals surface area contributed by atoms with Gasteiger partial charge in [-0.2, -0.15) is 10.2 Å². The van der Waals surface area contributed by atoms with Gasteiger partial charge in [0, 0.05) is 12.6 Å². The summed E-state index contributed by atoms with van der Waals surface area (Å²) in [6.07, 6.45) is 0. The molecule has 0 bridgehead atoms. The molecule has 0 saturated heterocycles. The van der Waals surface area contributed by atoms with Crippen LogP contribution in [-0.4, -0.2) is 35.4 Å². The molecule has 146 valence electrons. The van der Waals surface area contributed by atoms with Gasteiger partial charge in [-0.05, 0) is 43.8 Å². The van der Waals surface area contributed by atoms with Crippen molar-refractivity contribution >= 4 is 23.8 Å². The summed E-state index contributed by atoms with van der Waals surface area (Å²) in [5.74, 6) is 0.392. The van der Waals surface area contributed by atoms with Gasteiger partial charge in [-0.15, -0.1) is 0 Å². The van der Waals surface area contributed by atoms with E-state index >= 15 is 0 Å². The number of carbonyl (C=O) groups excluding carboxylic acids is 1. The quantitative estimate of drug-likeness (QED) is 0.371. The average molecular weight is 401 g/mol. The van der Waals surface area contributed by atoms with Gasteiger partial charge in [-0.3, -0.25) is 24.7 Å². The zero-order chi connectivity index (χ0) is 20.4. The molecule has 28 heavy (non-hydrogen) atoms. The largest absolute Gasteiger partial charge is 0.345 e. The molecule has 0 fully saturated rings. The van der Waals surface area contributed by atoms with Crippen LogP contribution < -0.4 is 5.32 Å². The summed E-state index contributed by atoms with van der Waals surface area (Å²) in [4.78, 5) is 23.0. The van der Waals surface area contributed by atoms with Crippen molar-refractivity contribution in [2.24, 2.45) is 7.05 Å². The molecule has 0 aliphatic heterocycles. The minimum atomic E-state index is -0.421. The van der Waals surface area contributed by atoms with Crippen LogP contribution in [0, 0.1) is 28.7 Å². The van der Waals surface area contributed by atoms with Crippen molar-refractivity contribution in [3.05, 3.63) is 67.5 Å². The first kappa shape index (κ1) is 19.4. The van der Waals surface area contributed by atoms with E-state index in [0.717, 1.165) is 5.56 Å². The summed E-state index contributed by atoms with van der Waals surface area (Å²) < 4.78 is 3.76. The van der Waals surface area contributed by atoms with E-state index in [1.165, 1.54) is 0 Å².